The van der Waals surface area contributed by atoms with Gasteiger partial charge in [-0.15, -0.1) is 0 Å². The Bertz CT molecular complexity index is 543. The molecule has 20 heavy (non-hydrogen) atoms. The first-order chi connectivity index (χ1) is 9.58. The number of nitrogens with zero attached hydrogens (tertiary/aromatic N) is 1. The second-order valence-electron chi connectivity index (χ2n) is 6.07. The Balaban J connectivity index is 2.01. The Morgan fingerprint density at radius 2 is 1.75 bits per heavy atom. The zero-order valence-electron chi connectivity index (χ0n) is 12.8. The van der Waals surface area contributed by atoms with Gasteiger partial charge in [-0.2, -0.15) is 0 Å². The van der Waals surface area contributed by atoms with Gasteiger partial charge in [-0.25, -0.2) is 0 Å². The molecule has 2 rings (SSSR count). The summed E-state index contributed by atoms with van der Waals surface area (Å²) >= 11 is 0. The molecule has 1 atom stereocenters. The molecule has 108 valence electrons. The third-order valence-electron chi connectivity index (χ3n) is 4.02. The van der Waals surface area contributed by atoms with Gasteiger partial charge >= 0.3 is 0 Å². The molecule has 0 saturated heterocycles. The fourth-order valence-corrected chi connectivity index (χ4v) is 2.50. The van der Waals surface area contributed by atoms with Crippen molar-refractivity contribution in [2.24, 2.45) is 11.7 Å². The fourth-order valence-electron chi connectivity index (χ4n) is 2.50. The maximum absolute atomic E-state index is 6.12. The van der Waals surface area contributed by atoms with Crippen molar-refractivity contribution in [2.45, 2.75) is 32.9 Å². The smallest absolute Gasteiger partial charge is 0.0236 e. The molecule has 0 aromatic heterocycles. The molecular formula is C18H26N2. The monoisotopic (exact) mass is 270 g/mol. The lowest BCUT2D eigenvalue weighted by atomic mass is 10.0. The van der Waals surface area contributed by atoms with Crippen LogP contribution in [-0.4, -0.2) is 24.5 Å². The van der Waals surface area contributed by atoms with E-state index in [9.17, 15) is 0 Å². The van der Waals surface area contributed by atoms with E-state index in [1.807, 2.05) is 0 Å². The summed E-state index contributed by atoms with van der Waals surface area (Å²) in [5.74, 6) is 0.556. The van der Waals surface area contributed by atoms with Gasteiger partial charge in [0.1, 0.15) is 0 Å². The van der Waals surface area contributed by atoms with Crippen molar-refractivity contribution < 1.29 is 0 Å². The van der Waals surface area contributed by atoms with Crippen molar-refractivity contribution in [1.82, 2.24) is 4.90 Å². The van der Waals surface area contributed by atoms with E-state index in [4.69, 9.17) is 5.73 Å². The van der Waals surface area contributed by atoms with E-state index in [-0.39, 0.29) is 0 Å². The van der Waals surface area contributed by atoms with E-state index in [2.05, 4.69) is 68.3 Å². The molecule has 0 radical (unpaired) electrons. The molecule has 2 aromatic carbocycles. The van der Waals surface area contributed by atoms with Gasteiger partial charge in [-0.1, -0.05) is 56.3 Å². The van der Waals surface area contributed by atoms with Crippen molar-refractivity contribution in [2.75, 3.05) is 13.6 Å². The topological polar surface area (TPSA) is 29.3 Å². The van der Waals surface area contributed by atoms with Crippen LogP contribution in [0, 0.1) is 5.92 Å². The molecule has 0 aliphatic heterocycles. The average Bonchev–Trinajstić information content (AvgIpc) is 2.45. The first-order valence-electron chi connectivity index (χ1n) is 7.48. The summed E-state index contributed by atoms with van der Waals surface area (Å²) in [6.45, 7) is 6.40. The second kappa shape index (κ2) is 6.87. The van der Waals surface area contributed by atoms with Crippen LogP contribution in [0.15, 0.2) is 42.5 Å². The minimum atomic E-state index is 0.296. The van der Waals surface area contributed by atoms with Gasteiger partial charge in [0, 0.05) is 12.6 Å². The molecule has 0 fully saturated rings. The minimum Gasteiger partial charge on any atom is -0.327 e. The zero-order valence-corrected chi connectivity index (χ0v) is 12.8. The van der Waals surface area contributed by atoms with Gasteiger partial charge in [0.05, 0.1) is 0 Å². The molecular weight excluding hydrogens is 244 g/mol. The second-order valence-corrected chi connectivity index (χ2v) is 6.07. The van der Waals surface area contributed by atoms with Gasteiger partial charge < -0.3 is 10.6 Å². The summed E-state index contributed by atoms with van der Waals surface area (Å²) in [5.41, 5.74) is 7.51. The molecule has 0 amide bonds. The Kier molecular flexibility index (Phi) is 5.16. The summed E-state index contributed by atoms with van der Waals surface area (Å²) in [6, 6.07) is 15.4. The molecule has 0 heterocycles. The van der Waals surface area contributed by atoms with Gasteiger partial charge in [-0.05, 0) is 42.3 Å². The Labute approximate surface area is 122 Å². The van der Waals surface area contributed by atoms with Crippen molar-refractivity contribution in [3.8, 4) is 0 Å². The SMILES string of the molecule is CC(C)C(N)CCN(C)Cc1cccc2ccccc12. The van der Waals surface area contributed by atoms with Gasteiger partial charge in [-0.3, -0.25) is 0 Å². The normalized spacial score (nSPS) is 13.3. The Morgan fingerprint density at radius 1 is 1.05 bits per heavy atom. The minimum absolute atomic E-state index is 0.296. The van der Waals surface area contributed by atoms with Crippen molar-refractivity contribution >= 4 is 10.8 Å². The van der Waals surface area contributed by atoms with E-state index in [1.165, 1.54) is 16.3 Å². The van der Waals surface area contributed by atoms with E-state index < -0.39 is 0 Å². The number of hydrogen-bond acceptors (Lipinski definition) is 2. The lowest BCUT2D eigenvalue weighted by Crippen LogP contribution is -2.31. The van der Waals surface area contributed by atoms with Crippen LogP contribution in [0.1, 0.15) is 25.8 Å². The van der Waals surface area contributed by atoms with E-state index >= 15 is 0 Å². The lowest BCUT2D eigenvalue weighted by molar-refractivity contribution is 0.297. The average molecular weight is 270 g/mol. The van der Waals surface area contributed by atoms with Crippen LogP contribution in [0.25, 0.3) is 10.8 Å². The molecule has 0 aliphatic carbocycles. The van der Waals surface area contributed by atoms with Crippen molar-refractivity contribution in [3.63, 3.8) is 0 Å². The van der Waals surface area contributed by atoms with Gasteiger partial charge in [0.25, 0.3) is 0 Å². The number of nitrogens with two attached hydrogens (primary N) is 1. The number of rotatable bonds is 6. The first kappa shape index (κ1) is 15.0. The summed E-state index contributed by atoms with van der Waals surface area (Å²) in [7, 11) is 2.18. The lowest BCUT2D eigenvalue weighted by Gasteiger charge is -2.22. The van der Waals surface area contributed by atoms with E-state index in [0.717, 1.165) is 19.5 Å². The largest absolute Gasteiger partial charge is 0.327 e. The molecule has 2 N–H and O–H groups in total. The molecule has 1 unspecified atom stereocenters. The van der Waals surface area contributed by atoms with Crippen molar-refractivity contribution in [3.05, 3.63) is 48.0 Å². The Morgan fingerprint density at radius 3 is 2.50 bits per heavy atom. The predicted octanol–water partition coefficient (Wildman–Crippen LogP) is 3.65. The Hall–Kier alpha value is -1.38. The third-order valence-corrected chi connectivity index (χ3v) is 4.02. The molecule has 0 bridgehead atoms. The summed E-state index contributed by atoms with van der Waals surface area (Å²) in [5, 5.41) is 2.67. The van der Waals surface area contributed by atoms with Crippen LogP contribution >= 0.6 is 0 Å². The first-order valence-corrected chi connectivity index (χ1v) is 7.48. The van der Waals surface area contributed by atoms with Crippen LogP contribution in [0.5, 0.6) is 0 Å². The molecule has 2 nitrogen and oxygen atoms in total. The highest BCUT2D eigenvalue weighted by Gasteiger charge is 2.10. The number of benzene rings is 2. The molecule has 2 heteroatoms. The van der Waals surface area contributed by atoms with Crippen LogP contribution in [0.3, 0.4) is 0 Å². The molecule has 2 aromatic rings. The highest BCUT2D eigenvalue weighted by molar-refractivity contribution is 5.85. The summed E-state index contributed by atoms with van der Waals surface area (Å²) < 4.78 is 0. The zero-order chi connectivity index (χ0) is 14.5. The van der Waals surface area contributed by atoms with Crippen LogP contribution in [-0.2, 0) is 6.54 Å². The maximum Gasteiger partial charge on any atom is 0.0236 e. The summed E-state index contributed by atoms with van der Waals surface area (Å²) in [4.78, 5) is 2.37. The quantitative estimate of drug-likeness (QED) is 0.868. The number of fused-ring (bicyclic) bond motifs is 1. The highest BCUT2D eigenvalue weighted by atomic mass is 15.1. The molecule has 0 saturated carbocycles. The predicted molar refractivity (Wildman–Crippen MR) is 87.7 cm³/mol. The van der Waals surface area contributed by atoms with Gasteiger partial charge in [0.15, 0.2) is 0 Å². The standard InChI is InChI=1S/C18H26N2/c1-14(2)18(19)11-12-20(3)13-16-9-6-8-15-7-4-5-10-17(15)16/h4-10,14,18H,11-13,19H2,1-3H3. The van der Waals surface area contributed by atoms with Crippen molar-refractivity contribution in [1.29, 1.82) is 0 Å². The highest BCUT2D eigenvalue weighted by Crippen LogP contribution is 2.19. The molecule has 0 spiro atoms. The maximum atomic E-state index is 6.12. The van der Waals surface area contributed by atoms with Crippen LogP contribution < -0.4 is 5.73 Å². The van der Waals surface area contributed by atoms with E-state index in [0.29, 0.717) is 12.0 Å². The summed E-state index contributed by atoms with van der Waals surface area (Å²) in [6.07, 6.45) is 1.05. The fraction of sp³-hybridized carbons (Fsp3) is 0.444. The third kappa shape index (κ3) is 3.81. The molecule has 0 aliphatic rings. The van der Waals surface area contributed by atoms with Crippen LogP contribution in [0.4, 0.5) is 0 Å². The van der Waals surface area contributed by atoms with E-state index in [1.54, 1.807) is 0 Å². The van der Waals surface area contributed by atoms with Gasteiger partial charge in [0.2, 0.25) is 0 Å². The van der Waals surface area contributed by atoms with Crippen LogP contribution in [0.2, 0.25) is 0 Å². The number of hydrogen-bond donors (Lipinski definition) is 1.